The number of para-hydroxylation sites is 1. The van der Waals surface area contributed by atoms with E-state index in [1.165, 1.54) is 0 Å². The molecule has 0 saturated heterocycles. The molecule has 1 aromatic carbocycles. The van der Waals surface area contributed by atoms with Crippen molar-refractivity contribution in [3.63, 3.8) is 0 Å². The van der Waals surface area contributed by atoms with Crippen molar-refractivity contribution in [2.45, 2.75) is 0 Å². The van der Waals surface area contributed by atoms with Crippen LogP contribution in [0.3, 0.4) is 0 Å². The third-order valence-corrected chi connectivity index (χ3v) is 3.87. The van der Waals surface area contributed by atoms with Gasteiger partial charge in [-0.05, 0) is 24.3 Å². The van der Waals surface area contributed by atoms with E-state index in [2.05, 4.69) is 20.2 Å². The van der Waals surface area contributed by atoms with Crippen LogP contribution in [-0.4, -0.2) is 31.8 Å². The van der Waals surface area contributed by atoms with E-state index in [0.717, 1.165) is 28.0 Å². The lowest BCUT2D eigenvalue weighted by atomic mass is 10.1. The van der Waals surface area contributed by atoms with E-state index in [4.69, 9.17) is 4.74 Å². The number of hydrogen-bond acceptors (Lipinski definition) is 5. The Labute approximate surface area is 138 Å². The first-order valence-electron chi connectivity index (χ1n) is 7.52. The highest BCUT2D eigenvalue weighted by Crippen LogP contribution is 2.30. The lowest BCUT2D eigenvalue weighted by molar-refractivity contribution is 0.401. The number of fused-ring (bicyclic) bond motifs is 1. The predicted molar refractivity (Wildman–Crippen MR) is 91.5 cm³/mol. The molecular formula is C18H15N5O. The fraction of sp³-hybridized carbons (Fsp3) is 0.111. The fourth-order valence-corrected chi connectivity index (χ4v) is 2.64. The molecule has 0 fully saturated rings. The molecule has 0 aliphatic heterocycles. The summed E-state index contributed by atoms with van der Waals surface area (Å²) in [5, 5.41) is 9.67. The van der Waals surface area contributed by atoms with Gasteiger partial charge in [0.15, 0.2) is 5.82 Å². The molecule has 3 heterocycles. The lowest BCUT2D eigenvalue weighted by Gasteiger charge is -2.09. The van der Waals surface area contributed by atoms with Crippen LogP contribution >= 0.6 is 0 Å². The molecule has 0 atom stereocenters. The number of imidazole rings is 1. The minimum absolute atomic E-state index is 0.535. The van der Waals surface area contributed by atoms with Gasteiger partial charge < -0.3 is 9.30 Å². The second-order valence-electron chi connectivity index (χ2n) is 5.40. The molecule has 0 N–H and O–H groups in total. The minimum atomic E-state index is 0.535. The van der Waals surface area contributed by atoms with Crippen LogP contribution in [0.1, 0.15) is 0 Å². The van der Waals surface area contributed by atoms with Gasteiger partial charge in [0.05, 0.1) is 23.9 Å². The predicted octanol–water partition coefficient (Wildman–Crippen LogP) is 3.10. The summed E-state index contributed by atoms with van der Waals surface area (Å²) in [6, 6.07) is 13.7. The third kappa shape index (κ3) is 2.38. The van der Waals surface area contributed by atoms with Gasteiger partial charge in [0, 0.05) is 24.8 Å². The average molecular weight is 317 g/mol. The molecule has 0 aliphatic rings. The normalized spacial score (nSPS) is 10.9. The van der Waals surface area contributed by atoms with Crippen LogP contribution < -0.4 is 4.74 Å². The van der Waals surface area contributed by atoms with Gasteiger partial charge in [0.1, 0.15) is 5.69 Å². The Kier molecular flexibility index (Phi) is 3.42. The van der Waals surface area contributed by atoms with Crippen LogP contribution in [0.5, 0.6) is 5.88 Å². The molecule has 4 aromatic rings. The maximum atomic E-state index is 5.43. The Morgan fingerprint density at radius 3 is 2.50 bits per heavy atom. The van der Waals surface area contributed by atoms with Crippen LogP contribution in [0.2, 0.25) is 0 Å². The van der Waals surface area contributed by atoms with Crippen molar-refractivity contribution in [3.05, 3.63) is 54.9 Å². The summed E-state index contributed by atoms with van der Waals surface area (Å²) in [7, 11) is 3.53. The van der Waals surface area contributed by atoms with Gasteiger partial charge in [0.25, 0.3) is 0 Å². The number of hydrogen-bond donors (Lipinski definition) is 0. The number of nitrogens with zero attached hydrogens (tertiary/aromatic N) is 5. The van der Waals surface area contributed by atoms with Gasteiger partial charge >= 0.3 is 0 Å². The van der Waals surface area contributed by atoms with Crippen molar-refractivity contribution in [1.29, 1.82) is 0 Å². The number of methoxy groups -OCH3 is 1. The fourth-order valence-electron chi connectivity index (χ4n) is 2.64. The summed E-state index contributed by atoms with van der Waals surface area (Å²) < 4.78 is 7.34. The van der Waals surface area contributed by atoms with Gasteiger partial charge in [-0.3, -0.25) is 0 Å². The zero-order chi connectivity index (χ0) is 16.5. The highest BCUT2D eigenvalue weighted by Gasteiger charge is 2.13. The second kappa shape index (κ2) is 5.73. The maximum absolute atomic E-state index is 5.43. The Morgan fingerprint density at radius 1 is 1.00 bits per heavy atom. The van der Waals surface area contributed by atoms with Crippen molar-refractivity contribution in [2.24, 2.45) is 7.05 Å². The van der Waals surface area contributed by atoms with Crippen molar-refractivity contribution in [1.82, 2.24) is 24.7 Å². The van der Waals surface area contributed by atoms with E-state index in [0.29, 0.717) is 11.6 Å². The first-order valence-corrected chi connectivity index (χ1v) is 7.52. The Balaban J connectivity index is 1.81. The molecule has 0 radical (unpaired) electrons. The van der Waals surface area contributed by atoms with E-state index in [-0.39, 0.29) is 0 Å². The molecule has 0 spiro atoms. The molecule has 0 amide bonds. The number of rotatable bonds is 3. The first-order chi connectivity index (χ1) is 11.8. The van der Waals surface area contributed by atoms with E-state index in [1.807, 2.05) is 60.3 Å². The highest BCUT2D eigenvalue weighted by molar-refractivity contribution is 5.85. The number of aromatic nitrogens is 5. The molecule has 0 bridgehead atoms. The van der Waals surface area contributed by atoms with E-state index in [9.17, 15) is 0 Å². The van der Waals surface area contributed by atoms with Gasteiger partial charge in [0.2, 0.25) is 5.88 Å². The minimum Gasteiger partial charge on any atom is -0.480 e. The van der Waals surface area contributed by atoms with E-state index < -0.39 is 0 Å². The number of pyridine rings is 1. The first kappa shape index (κ1) is 14.3. The van der Waals surface area contributed by atoms with Gasteiger partial charge in [-0.2, -0.15) is 0 Å². The molecule has 0 aliphatic carbocycles. The molecule has 24 heavy (non-hydrogen) atoms. The number of aryl methyl sites for hydroxylation is 1. The Hall–Kier alpha value is -3.28. The van der Waals surface area contributed by atoms with Crippen molar-refractivity contribution >= 4 is 10.9 Å². The van der Waals surface area contributed by atoms with Crippen molar-refractivity contribution in [2.75, 3.05) is 7.11 Å². The van der Waals surface area contributed by atoms with Gasteiger partial charge in [-0.1, -0.05) is 18.2 Å². The van der Waals surface area contributed by atoms with Crippen LogP contribution in [0, 0.1) is 0 Å². The third-order valence-electron chi connectivity index (χ3n) is 3.87. The van der Waals surface area contributed by atoms with Gasteiger partial charge in [-0.15, -0.1) is 10.2 Å². The summed E-state index contributed by atoms with van der Waals surface area (Å²) in [6.45, 7) is 0. The number of ether oxygens (including phenoxy) is 1. The maximum Gasteiger partial charge on any atom is 0.223 e. The van der Waals surface area contributed by atoms with Crippen LogP contribution in [0.25, 0.3) is 33.7 Å². The summed E-state index contributed by atoms with van der Waals surface area (Å²) >= 11 is 0. The molecule has 118 valence electrons. The molecule has 3 aromatic heterocycles. The zero-order valence-electron chi connectivity index (χ0n) is 13.3. The summed E-state index contributed by atoms with van der Waals surface area (Å²) in [4.78, 5) is 8.84. The lowest BCUT2D eigenvalue weighted by Crippen LogP contribution is -1.98. The largest absolute Gasteiger partial charge is 0.480 e. The van der Waals surface area contributed by atoms with Crippen LogP contribution in [0.4, 0.5) is 0 Å². The summed E-state index contributed by atoms with van der Waals surface area (Å²) in [6.07, 6.45) is 3.61. The monoisotopic (exact) mass is 317 g/mol. The Morgan fingerprint density at radius 2 is 1.79 bits per heavy atom. The number of benzene rings is 1. The quantitative estimate of drug-likeness (QED) is 0.581. The highest BCUT2D eigenvalue weighted by atomic mass is 16.5. The van der Waals surface area contributed by atoms with Crippen LogP contribution in [-0.2, 0) is 7.05 Å². The summed E-state index contributed by atoms with van der Waals surface area (Å²) in [5.74, 6) is 1.31. The SMILES string of the molecule is COc1nc2ccccc2cc1-c1ccc(-c2nccn2C)nn1. The molecule has 6 heteroatoms. The molecule has 0 unspecified atom stereocenters. The second-order valence-corrected chi connectivity index (χ2v) is 5.40. The van der Waals surface area contributed by atoms with Crippen molar-refractivity contribution < 1.29 is 4.74 Å². The standard InChI is InChI=1S/C18H15N5O/c1-23-10-9-19-17(23)16-8-7-15(21-22-16)13-11-12-5-3-4-6-14(12)20-18(13)24-2/h3-11H,1-2H3. The topological polar surface area (TPSA) is 65.7 Å². The summed E-state index contributed by atoms with van der Waals surface area (Å²) in [5.41, 5.74) is 3.13. The molecule has 0 saturated carbocycles. The van der Waals surface area contributed by atoms with Gasteiger partial charge in [-0.25, -0.2) is 9.97 Å². The zero-order valence-corrected chi connectivity index (χ0v) is 13.3. The Bertz CT molecular complexity index is 1010. The smallest absolute Gasteiger partial charge is 0.223 e. The van der Waals surface area contributed by atoms with E-state index >= 15 is 0 Å². The molecular weight excluding hydrogens is 302 g/mol. The molecule has 4 rings (SSSR count). The van der Waals surface area contributed by atoms with E-state index in [1.54, 1.807) is 13.3 Å². The van der Waals surface area contributed by atoms with Crippen LogP contribution in [0.15, 0.2) is 54.9 Å². The average Bonchev–Trinajstić information content (AvgIpc) is 3.06. The molecule has 6 nitrogen and oxygen atoms in total. The van der Waals surface area contributed by atoms with Crippen molar-refractivity contribution in [3.8, 4) is 28.7 Å².